The second-order valence-electron chi connectivity index (χ2n) is 11.7. The largest absolute Gasteiger partial charge is 0.468 e. The van der Waals surface area contributed by atoms with E-state index in [1.807, 2.05) is 0 Å². The van der Waals surface area contributed by atoms with Gasteiger partial charge in [0, 0.05) is 30.8 Å². The lowest BCUT2D eigenvalue weighted by atomic mass is 9.86. The number of halogens is 4. The number of aliphatic hydroxyl groups is 1. The van der Waals surface area contributed by atoms with Gasteiger partial charge in [-0.3, -0.25) is 18.9 Å². The molecular formula is C31H38BrF3NO9P. The van der Waals surface area contributed by atoms with E-state index >= 15 is 0 Å². The molecule has 1 aliphatic heterocycles. The Morgan fingerprint density at radius 3 is 2.50 bits per heavy atom. The van der Waals surface area contributed by atoms with Crippen molar-refractivity contribution in [2.75, 3.05) is 13.7 Å². The Bertz CT molecular complexity index is 1360. The summed E-state index contributed by atoms with van der Waals surface area (Å²) in [4.78, 5) is 40.0. The van der Waals surface area contributed by atoms with Crippen LogP contribution >= 0.6 is 23.7 Å². The zero-order valence-electron chi connectivity index (χ0n) is 25.3. The Hall–Kier alpha value is -2.35. The van der Waals surface area contributed by atoms with Gasteiger partial charge < -0.3 is 19.1 Å². The molecule has 2 N–H and O–H groups in total. The van der Waals surface area contributed by atoms with Crippen molar-refractivity contribution in [3.8, 4) is 5.75 Å². The molecule has 1 aromatic rings. The van der Waals surface area contributed by atoms with Crippen LogP contribution in [-0.2, 0) is 39.1 Å². The van der Waals surface area contributed by atoms with Gasteiger partial charge in [0.2, 0.25) is 0 Å². The number of hydrogen-bond donors (Lipinski definition) is 2. The van der Waals surface area contributed by atoms with Crippen molar-refractivity contribution >= 4 is 41.2 Å². The number of alkyl halides is 3. The topological polar surface area (TPSA) is 137 Å². The Morgan fingerprint density at radius 1 is 1.17 bits per heavy atom. The Kier molecular flexibility index (Phi) is 12.5. The van der Waals surface area contributed by atoms with E-state index in [-0.39, 0.29) is 49.4 Å². The number of carbonyl (C=O) groups is 3. The van der Waals surface area contributed by atoms with E-state index in [4.69, 9.17) is 18.5 Å². The maximum atomic E-state index is 14.2. The van der Waals surface area contributed by atoms with Gasteiger partial charge in [0.25, 0.3) is 0 Å². The number of ketones is 2. The number of aliphatic hydroxyl groups excluding tert-OH is 1. The molecule has 15 heteroatoms. The van der Waals surface area contributed by atoms with E-state index in [1.54, 1.807) is 17.1 Å². The van der Waals surface area contributed by atoms with E-state index < -0.39 is 61.8 Å². The zero-order chi connectivity index (χ0) is 33.5. The van der Waals surface area contributed by atoms with Gasteiger partial charge in [-0.05, 0) is 67.4 Å². The van der Waals surface area contributed by atoms with Crippen molar-refractivity contribution in [3.05, 3.63) is 52.5 Å². The van der Waals surface area contributed by atoms with Crippen LogP contribution in [0.25, 0.3) is 0 Å². The van der Waals surface area contributed by atoms with Crippen LogP contribution < -0.4 is 9.61 Å². The number of hydrogen-bond acceptors (Lipinski definition) is 9. The average molecular weight is 737 g/mol. The van der Waals surface area contributed by atoms with Crippen molar-refractivity contribution in [1.29, 1.82) is 0 Å². The molecule has 2 fully saturated rings. The third-order valence-electron chi connectivity index (χ3n) is 8.55. The summed E-state index contributed by atoms with van der Waals surface area (Å²) < 4.78 is 75.9. The van der Waals surface area contributed by atoms with E-state index in [0.717, 1.165) is 24.3 Å². The summed E-state index contributed by atoms with van der Waals surface area (Å²) in [6.45, 7) is -0.477. The summed E-state index contributed by atoms with van der Waals surface area (Å²) >= 11 is 3.19. The minimum atomic E-state index is -4.60. The highest BCUT2D eigenvalue weighted by molar-refractivity contribution is 9.11. The van der Waals surface area contributed by atoms with Crippen LogP contribution in [0.4, 0.5) is 13.2 Å². The van der Waals surface area contributed by atoms with Crippen LogP contribution in [0.1, 0.15) is 69.8 Å². The molecule has 1 saturated carbocycles. The Labute approximate surface area is 273 Å². The summed E-state index contributed by atoms with van der Waals surface area (Å²) in [5.41, 5.74) is -1.81. The second kappa shape index (κ2) is 15.7. The lowest BCUT2D eigenvalue weighted by Crippen LogP contribution is -2.50. The molecular weight excluding hydrogens is 698 g/mol. The lowest BCUT2D eigenvalue weighted by Gasteiger charge is -2.32. The minimum absolute atomic E-state index is 0.0464. The highest BCUT2D eigenvalue weighted by Gasteiger charge is 2.50. The van der Waals surface area contributed by atoms with Crippen molar-refractivity contribution in [1.82, 2.24) is 5.09 Å². The lowest BCUT2D eigenvalue weighted by molar-refractivity contribution is -0.147. The number of esters is 1. The molecule has 254 valence electrons. The SMILES string of the molecule is COC(=O)C1(NP(=O)(OC[C@H]2O[C@@H](C3CC/C=C(/C=C/Br)C(=O)CCCC3=O)CC2O)Oc2ccc(C(F)(F)F)cc2)CCCC1. The molecule has 1 heterocycles. The second-order valence-corrected chi connectivity index (χ2v) is 13.9. The van der Waals surface area contributed by atoms with Gasteiger partial charge in [-0.1, -0.05) is 34.8 Å². The standard InChI is InChI=1S/C31H38BrF3NO9P/c1-42-29(40)30(15-2-3-16-30)36-46(41,45-22-12-10-21(11-13-22)31(33,34)35)43-19-28-26(39)18-27(44-28)23-7-4-6-20(14-17-32)24(37)8-5-9-25(23)38/h6,10-14,17,23,26-28,39H,2-5,7-9,15-16,18-19H2,1H3,(H,36,41)/b17-14+,20-6-/t23?,26?,27-,28-,46?/m1/s1. The van der Waals surface area contributed by atoms with Crippen molar-refractivity contribution < 1.29 is 55.7 Å². The molecule has 1 aromatic carbocycles. The normalized spacial score (nSPS) is 28.4. The summed E-state index contributed by atoms with van der Waals surface area (Å²) in [5.74, 6) is -1.59. The molecule has 5 atom stereocenters. The molecule has 3 aliphatic rings. The van der Waals surface area contributed by atoms with Crippen LogP contribution in [0.5, 0.6) is 5.75 Å². The van der Waals surface area contributed by atoms with Crippen LogP contribution in [-0.4, -0.2) is 60.2 Å². The third-order valence-corrected chi connectivity index (χ3v) is 10.5. The number of methoxy groups -OCH3 is 1. The summed E-state index contributed by atoms with van der Waals surface area (Å²) in [5, 5.41) is 13.6. The quantitative estimate of drug-likeness (QED) is 0.206. The van der Waals surface area contributed by atoms with E-state index in [9.17, 15) is 37.2 Å². The first-order valence-corrected chi connectivity index (χ1v) is 17.6. The van der Waals surface area contributed by atoms with Crippen LogP contribution in [0.3, 0.4) is 0 Å². The number of Topliss-reactive ketones (excluding diaryl/α,β-unsaturated/α-hetero) is 2. The molecule has 1 saturated heterocycles. The molecule has 3 unspecified atom stereocenters. The van der Waals surface area contributed by atoms with Gasteiger partial charge in [0.1, 0.15) is 23.2 Å². The third kappa shape index (κ3) is 9.17. The molecule has 10 nitrogen and oxygen atoms in total. The fourth-order valence-electron chi connectivity index (χ4n) is 6.13. The molecule has 0 radical (unpaired) electrons. The molecule has 0 aromatic heterocycles. The monoisotopic (exact) mass is 735 g/mol. The van der Waals surface area contributed by atoms with Crippen LogP contribution in [0.15, 0.2) is 47.0 Å². The van der Waals surface area contributed by atoms with Gasteiger partial charge in [-0.25, -0.2) is 4.57 Å². The van der Waals surface area contributed by atoms with E-state index in [2.05, 4.69) is 21.0 Å². The predicted molar refractivity (Wildman–Crippen MR) is 164 cm³/mol. The first kappa shape index (κ1) is 36.5. The fourth-order valence-corrected chi connectivity index (χ4v) is 8.16. The molecule has 0 amide bonds. The maximum absolute atomic E-state index is 14.2. The number of nitrogens with one attached hydrogen (secondary N) is 1. The first-order valence-electron chi connectivity index (χ1n) is 15.1. The highest BCUT2D eigenvalue weighted by Crippen LogP contribution is 2.50. The van der Waals surface area contributed by atoms with Gasteiger partial charge in [0.15, 0.2) is 5.78 Å². The summed E-state index contributed by atoms with van der Waals surface area (Å²) in [7, 11) is -3.32. The minimum Gasteiger partial charge on any atom is -0.468 e. The van der Waals surface area contributed by atoms with E-state index in [1.165, 1.54) is 7.11 Å². The Balaban J connectivity index is 1.50. The van der Waals surface area contributed by atoms with Gasteiger partial charge in [-0.15, -0.1) is 0 Å². The maximum Gasteiger partial charge on any atom is 0.459 e. The Morgan fingerprint density at radius 2 is 1.87 bits per heavy atom. The van der Waals surface area contributed by atoms with Gasteiger partial charge in [-0.2, -0.15) is 18.3 Å². The number of rotatable bonds is 10. The van der Waals surface area contributed by atoms with Crippen LogP contribution in [0, 0.1) is 5.92 Å². The molecule has 46 heavy (non-hydrogen) atoms. The van der Waals surface area contributed by atoms with E-state index in [0.29, 0.717) is 37.7 Å². The average Bonchev–Trinajstić information content (AvgIpc) is 3.63. The van der Waals surface area contributed by atoms with Crippen molar-refractivity contribution in [2.24, 2.45) is 5.92 Å². The summed E-state index contributed by atoms with van der Waals surface area (Å²) in [6, 6.07) is 3.51. The fraction of sp³-hybridized carbons (Fsp3) is 0.581. The molecule has 0 bridgehead atoms. The van der Waals surface area contributed by atoms with Gasteiger partial charge >= 0.3 is 19.9 Å². The predicted octanol–water partition coefficient (Wildman–Crippen LogP) is 6.36. The zero-order valence-corrected chi connectivity index (χ0v) is 27.8. The van der Waals surface area contributed by atoms with Crippen LogP contribution in [0.2, 0.25) is 0 Å². The molecule has 2 aliphatic carbocycles. The number of carbonyl (C=O) groups excluding carboxylic acids is 3. The first-order chi connectivity index (χ1) is 21.8. The smallest absolute Gasteiger partial charge is 0.459 e. The number of benzene rings is 1. The van der Waals surface area contributed by atoms with Gasteiger partial charge in [0.05, 0.1) is 31.5 Å². The number of allylic oxidation sites excluding steroid dienone is 3. The molecule has 4 rings (SSSR count). The highest BCUT2D eigenvalue weighted by atomic mass is 79.9. The summed E-state index contributed by atoms with van der Waals surface area (Å²) in [6.07, 6.45) is -0.527. The molecule has 0 spiro atoms. The number of ether oxygens (including phenoxy) is 2. The van der Waals surface area contributed by atoms with Crippen molar-refractivity contribution in [2.45, 2.75) is 94.2 Å². The van der Waals surface area contributed by atoms with Crippen molar-refractivity contribution in [3.63, 3.8) is 0 Å².